The molecule has 0 spiro atoms. The van der Waals surface area contributed by atoms with Gasteiger partial charge in [-0.1, -0.05) is 17.5 Å². The van der Waals surface area contributed by atoms with Crippen molar-refractivity contribution in [2.45, 2.75) is 0 Å². The van der Waals surface area contributed by atoms with Crippen LogP contribution in [0.3, 0.4) is 0 Å². The molecule has 68 valence electrons. The van der Waals surface area contributed by atoms with Crippen molar-refractivity contribution in [1.82, 2.24) is 0 Å². The van der Waals surface area contributed by atoms with Gasteiger partial charge in [0.15, 0.2) is 0 Å². The first kappa shape index (κ1) is 14.0. The minimum Gasteiger partial charge on any atom is -1.00 e. The predicted octanol–water partition coefficient (Wildman–Crippen LogP) is -0.728. The fourth-order valence-electron chi connectivity index (χ4n) is 1.30. The Kier molecular flexibility index (Phi) is 6.47. The van der Waals surface area contributed by atoms with Gasteiger partial charge in [-0.15, -0.1) is 35.7 Å². The maximum Gasteiger partial charge on any atom is 2.00 e. The van der Waals surface area contributed by atoms with E-state index in [-0.39, 0.29) is 47.0 Å². The Morgan fingerprint density at radius 3 is 2.57 bits per heavy atom. The van der Waals surface area contributed by atoms with Crippen LogP contribution in [-0.2, 0) is 0 Å². The van der Waals surface area contributed by atoms with Gasteiger partial charge < -0.3 is 28.7 Å². The summed E-state index contributed by atoms with van der Waals surface area (Å²) in [7, 11) is 1.68. The fraction of sp³-hybridized carbons (Fsp3) is 0.0909. The number of ether oxygens (including phenoxy) is 1. The van der Waals surface area contributed by atoms with E-state index in [9.17, 15) is 0 Å². The third-order valence-electron chi connectivity index (χ3n) is 1.89. The molecular weight excluding hydrogens is 299 g/mol. The van der Waals surface area contributed by atoms with E-state index in [1.807, 2.05) is 36.4 Å². The quantitative estimate of drug-likeness (QED) is 0.384. The second-order valence-electron chi connectivity index (χ2n) is 2.59. The molecule has 3 heteroatoms. The number of methoxy groups -OCH3 is 1. The number of hydrogen-bond donors (Lipinski definition) is 0. The Labute approximate surface area is 117 Å². The smallest absolute Gasteiger partial charge is 1.00 e. The minimum atomic E-state index is 0. The van der Waals surface area contributed by atoms with E-state index >= 15 is 0 Å². The first-order valence-electron chi connectivity index (χ1n) is 3.85. The summed E-state index contributed by atoms with van der Waals surface area (Å²) >= 11 is 0. The molecule has 0 saturated heterocycles. The van der Waals surface area contributed by atoms with Crippen molar-refractivity contribution in [3.63, 3.8) is 0 Å². The Morgan fingerprint density at radius 2 is 1.86 bits per heavy atom. The number of fused-ring (bicyclic) bond motifs is 1. The number of halogens is 1. The van der Waals surface area contributed by atoms with E-state index in [4.69, 9.17) is 4.74 Å². The van der Waals surface area contributed by atoms with Crippen LogP contribution in [0.5, 0.6) is 5.75 Å². The molecule has 0 aliphatic rings. The maximum absolute atomic E-state index is 5.21. The van der Waals surface area contributed by atoms with Crippen LogP contribution in [0.25, 0.3) is 10.8 Å². The Bertz CT molecular complexity index is 398. The van der Waals surface area contributed by atoms with Crippen molar-refractivity contribution in [3.05, 3.63) is 42.5 Å². The molecule has 0 amide bonds. The van der Waals surface area contributed by atoms with Crippen LogP contribution in [0.4, 0.5) is 0 Å². The summed E-state index contributed by atoms with van der Waals surface area (Å²) in [4.78, 5) is 0. The van der Waals surface area contributed by atoms with E-state index in [1.165, 1.54) is 0 Å². The Morgan fingerprint density at radius 1 is 1.14 bits per heavy atom. The van der Waals surface area contributed by atoms with Crippen molar-refractivity contribution in [2.24, 2.45) is 0 Å². The van der Waals surface area contributed by atoms with Crippen LogP contribution in [-0.4, -0.2) is 30.2 Å². The monoisotopic (exact) mass is 308 g/mol. The minimum absolute atomic E-state index is 0. The van der Waals surface area contributed by atoms with Crippen LogP contribution in [0, 0.1) is 6.07 Å². The van der Waals surface area contributed by atoms with Crippen LogP contribution < -0.4 is 28.7 Å². The van der Waals surface area contributed by atoms with E-state index < -0.39 is 0 Å². The average Bonchev–Trinajstić information content (AvgIpc) is 2.17. The van der Waals surface area contributed by atoms with Gasteiger partial charge in [-0.25, -0.2) is 0 Å². The number of benzene rings is 2. The molecule has 0 saturated carbocycles. The van der Waals surface area contributed by atoms with Gasteiger partial charge in [0.2, 0.25) is 0 Å². The molecule has 0 heterocycles. The first-order valence-corrected chi connectivity index (χ1v) is 3.85. The molecule has 0 aromatic heterocycles. The van der Waals surface area contributed by atoms with E-state index in [0.29, 0.717) is 0 Å². The van der Waals surface area contributed by atoms with E-state index in [1.54, 1.807) is 7.11 Å². The second-order valence-corrected chi connectivity index (χ2v) is 2.59. The summed E-state index contributed by atoms with van der Waals surface area (Å²) < 4.78 is 5.21. The van der Waals surface area contributed by atoms with Gasteiger partial charge in [-0.3, -0.25) is 0 Å². The summed E-state index contributed by atoms with van der Waals surface area (Å²) in [6, 6.07) is 15.0. The molecule has 0 N–H and O–H groups in total. The molecule has 2 aromatic carbocycles. The third-order valence-corrected chi connectivity index (χ3v) is 1.89. The molecule has 2 aromatic rings. The Hall–Kier alpha value is -0.00377. The van der Waals surface area contributed by atoms with Crippen LogP contribution >= 0.6 is 0 Å². The average molecular weight is 308 g/mol. The standard InChI is InChI=1S/C11H9O.HI.Mg/c1-12-11-8-4-6-9-5-2-3-7-10(9)11;;/h2-5,7-8H,1H3;1H;/q-1;;+2/p-1. The van der Waals surface area contributed by atoms with Crippen molar-refractivity contribution in [2.75, 3.05) is 7.11 Å². The summed E-state index contributed by atoms with van der Waals surface area (Å²) in [5.74, 6) is 0.907. The molecule has 0 aliphatic heterocycles. The van der Waals surface area contributed by atoms with Gasteiger partial charge >= 0.3 is 23.1 Å². The van der Waals surface area contributed by atoms with Gasteiger partial charge in [0.1, 0.15) is 0 Å². The summed E-state index contributed by atoms with van der Waals surface area (Å²) in [5.41, 5.74) is 0. The molecule has 0 unspecified atom stereocenters. The molecule has 2 rings (SSSR count). The van der Waals surface area contributed by atoms with Gasteiger partial charge in [0.05, 0.1) is 7.11 Å². The Balaban J connectivity index is 0.000000845. The number of rotatable bonds is 1. The molecule has 0 bridgehead atoms. The van der Waals surface area contributed by atoms with Gasteiger partial charge in [0, 0.05) is 5.75 Å². The number of hydrogen-bond acceptors (Lipinski definition) is 1. The molecule has 0 aliphatic carbocycles. The molecule has 0 radical (unpaired) electrons. The van der Waals surface area contributed by atoms with Crippen molar-refractivity contribution < 1.29 is 28.7 Å². The van der Waals surface area contributed by atoms with E-state index in [2.05, 4.69) is 6.07 Å². The fourth-order valence-corrected chi connectivity index (χ4v) is 1.30. The van der Waals surface area contributed by atoms with Crippen LogP contribution in [0.2, 0.25) is 0 Å². The molecule has 1 nitrogen and oxygen atoms in total. The predicted molar refractivity (Wildman–Crippen MR) is 55.1 cm³/mol. The molecule has 14 heavy (non-hydrogen) atoms. The van der Waals surface area contributed by atoms with Crippen molar-refractivity contribution >= 4 is 33.8 Å². The molecular formula is C11H9IMgO. The molecule has 0 atom stereocenters. The summed E-state index contributed by atoms with van der Waals surface area (Å²) in [6.45, 7) is 0. The summed E-state index contributed by atoms with van der Waals surface area (Å²) in [5, 5.41) is 2.21. The topological polar surface area (TPSA) is 9.23 Å². The normalized spacial score (nSPS) is 8.64. The maximum atomic E-state index is 5.21. The van der Waals surface area contributed by atoms with Crippen LogP contribution in [0.15, 0.2) is 36.4 Å². The van der Waals surface area contributed by atoms with Gasteiger partial charge in [-0.05, 0) is 0 Å². The largest absolute Gasteiger partial charge is 2.00 e. The third kappa shape index (κ3) is 2.74. The molecule has 0 fully saturated rings. The SMILES string of the molecule is COc1cc[c-]c2ccccc12.[I-].[Mg+2]. The van der Waals surface area contributed by atoms with Crippen molar-refractivity contribution in [1.29, 1.82) is 0 Å². The zero-order valence-corrected chi connectivity index (χ0v) is 11.5. The van der Waals surface area contributed by atoms with Gasteiger partial charge in [0.25, 0.3) is 0 Å². The zero-order valence-electron chi connectivity index (χ0n) is 7.96. The van der Waals surface area contributed by atoms with Crippen LogP contribution in [0.1, 0.15) is 0 Å². The van der Waals surface area contributed by atoms with Gasteiger partial charge in [-0.2, -0.15) is 0 Å². The second kappa shape index (κ2) is 6.47. The zero-order chi connectivity index (χ0) is 8.39. The van der Waals surface area contributed by atoms with Crippen molar-refractivity contribution in [3.8, 4) is 5.75 Å². The first-order chi connectivity index (χ1) is 5.92. The van der Waals surface area contributed by atoms with E-state index in [0.717, 1.165) is 16.5 Å². The summed E-state index contributed by atoms with van der Waals surface area (Å²) in [6.07, 6.45) is 0.